The zero-order valence-electron chi connectivity index (χ0n) is 18.0. The number of aliphatic imine (C=N–C) groups is 1. The quantitative estimate of drug-likeness (QED) is 0.343. The van der Waals surface area contributed by atoms with Crippen LogP contribution in [0.3, 0.4) is 0 Å². The summed E-state index contributed by atoms with van der Waals surface area (Å²) in [4.78, 5) is 12.3. The van der Waals surface area contributed by atoms with E-state index in [9.17, 15) is 0 Å². The van der Waals surface area contributed by atoms with Gasteiger partial charge in [0.1, 0.15) is 0 Å². The van der Waals surface area contributed by atoms with Crippen LogP contribution in [0.1, 0.15) is 12.5 Å². The van der Waals surface area contributed by atoms with Gasteiger partial charge in [-0.15, -0.1) is 24.0 Å². The lowest BCUT2D eigenvalue weighted by molar-refractivity contribution is -0.0502. The number of benzene rings is 1. The number of hydrogen-bond donors (Lipinski definition) is 1. The number of halogens is 1. The summed E-state index contributed by atoms with van der Waals surface area (Å²) < 4.78 is 11.6. The van der Waals surface area contributed by atoms with Crippen molar-refractivity contribution >= 4 is 29.9 Å². The second-order valence-corrected chi connectivity index (χ2v) is 8.03. The Morgan fingerprint density at radius 2 is 1.90 bits per heavy atom. The van der Waals surface area contributed by atoms with Crippen LogP contribution in [0.15, 0.2) is 35.3 Å². The summed E-state index contributed by atoms with van der Waals surface area (Å²) >= 11 is 0. The van der Waals surface area contributed by atoms with E-state index < -0.39 is 0 Å². The third kappa shape index (κ3) is 6.29. The Morgan fingerprint density at radius 1 is 1.10 bits per heavy atom. The van der Waals surface area contributed by atoms with Crippen molar-refractivity contribution in [3.05, 3.63) is 35.9 Å². The monoisotopic (exact) mass is 529 g/mol. The summed E-state index contributed by atoms with van der Waals surface area (Å²) in [6.45, 7) is 13.2. The van der Waals surface area contributed by atoms with Gasteiger partial charge >= 0.3 is 0 Å². The maximum Gasteiger partial charge on any atom is 0.194 e. The molecule has 4 rings (SSSR count). The molecule has 3 aliphatic rings. The summed E-state index contributed by atoms with van der Waals surface area (Å²) in [5.74, 6) is 1.03. The molecule has 3 fully saturated rings. The van der Waals surface area contributed by atoms with E-state index in [1.807, 2.05) is 0 Å². The molecule has 30 heavy (non-hydrogen) atoms. The van der Waals surface area contributed by atoms with Gasteiger partial charge < -0.3 is 19.7 Å². The van der Waals surface area contributed by atoms with E-state index in [1.165, 1.54) is 5.56 Å². The van der Waals surface area contributed by atoms with E-state index in [4.69, 9.17) is 14.5 Å². The number of nitrogens with zero attached hydrogens (tertiary/aromatic N) is 4. The van der Waals surface area contributed by atoms with Gasteiger partial charge in [0.05, 0.1) is 38.5 Å². The minimum Gasteiger partial charge on any atom is -0.379 e. The Kier molecular flexibility index (Phi) is 9.64. The number of ether oxygens (including phenoxy) is 2. The summed E-state index contributed by atoms with van der Waals surface area (Å²) in [6, 6.07) is 11.2. The molecule has 7 nitrogen and oxygen atoms in total. The fraction of sp³-hybridized carbons (Fsp3) is 0.682. The second-order valence-electron chi connectivity index (χ2n) is 8.03. The molecule has 0 aromatic heterocycles. The average Bonchev–Trinajstić information content (AvgIpc) is 3.20. The van der Waals surface area contributed by atoms with Crippen LogP contribution in [0.4, 0.5) is 0 Å². The minimum absolute atomic E-state index is 0. The first kappa shape index (κ1) is 23.7. The number of rotatable bonds is 6. The number of hydrogen-bond acceptors (Lipinski definition) is 5. The molecule has 0 aliphatic carbocycles. The topological polar surface area (TPSA) is 52.6 Å². The van der Waals surface area contributed by atoms with Gasteiger partial charge in [-0.1, -0.05) is 30.3 Å². The summed E-state index contributed by atoms with van der Waals surface area (Å²) in [7, 11) is 0. The molecule has 168 valence electrons. The van der Waals surface area contributed by atoms with Crippen LogP contribution < -0.4 is 5.32 Å². The first-order chi connectivity index (χ1) is 14.3. The predicted molar refractivity (Wildman–Crippen MR) is 131 cm³/mol. The normalized spacial score (nSPS) is 25.6. The predicted octanol–water partition coefficient (Wildman–Crippen LogP) is 1.49. The summed E-state index contributed by atoms with van der Waals surface area (Å²) in [6.07, 6.45) is 0.260. The van der Waals surface area contributed by atoms with E-state index in [2.05, 4.69) is 57.3 Å². The SMILES string of the molecule is CCNC(=NCCN1CCOCC1)N1CC2OCCN(Cc3ccccc3)C2C1.I. The van der Waals surface area contributed by atoms with Crippen molar-refractivity contribution in [3.8, 4) is 0 Å². The lowest BCUT2D eigenvalue weighted by atomic mass is 10.1. The molecule has 0 saturated carbocycles. The third-order valence-corrected chi connectivity index (χ3v) is 6.06. The zero-order valence-corrected chi connectivity index (χ0v) is 20.4. The van der Waals surface area contributed by atoms with Crippen LogP contribution in [-0.2, 0) is 16.0 Å². The van der Waals surface area contributed by atoms with E-state index in [1.54, 1.807) is 0 Å². The van der Waals surface area contributed by atoms with Crippen LogP contribution in [0.2, 0.25) is 0 Å². The molecule has 3 heterocycles. The molecule has 0 bridgehead atoms. The number of likely N-dealkylation sites (tertiary alicyclic amines) is 1. The number of morpholine rings is 2. The molecule has 0 radical (unpaired) electrons. The summed E-state index contributed by atoms with van der Waals surface area (Å²) in [5.41, 5.74) is 1.37. The number of guanidine groups is 1. The van der Waals surface area contributed by atoms with Crippen molar-refractivity contribution in [3.63, 3.8) is 0 Å². The van der Waals surface area contributed by atoms with Crippen LogP contribution in [0, 0.1) is 0 Å². The molecule has 0 spiro atoms. The van der Waals surface area contributed by atoms with Crippen LogP contribution in [0.25, 0.3) is 0 Å². The molecule has 3 saturated heterocycles. The summed E-state index contributed by atoms with van der Waals surface area (Å²) in [5, 5.41) is 3.50. The molecule has 1 aromatic rings. The molecule has 2 unspecified atom stereocenters. The van der Waals surface area contributed by atoms with Crippen molar-refractivity contribution in [2.24, 2.45) is 4.99 Å². The Hall–Kier alpha value is -0.940. The molecule has 0 amide bonds. The highest BCUT2D eigenvalue weighted by Gasteiger charge is 2.41. The Balaban J connectivity index is 0.00000256. The first-order valence-electron chi connectivity index (χ1n) is 11.1. The lowest BCUT2D eigenvalue weighted by Crippen LogP contribution is -2.50. The van der Waals surface area contributed by atoms with Crippen molar-refractivity contribution in [1.29, 1.82) is 0 Å². The molecular weight excluding hydrogens is 493 g/mol. The van der Waals surface area contributed by atoms with Crippen molar-refractivity contribution in [2.45, 2.75) is 25.6 Å². The largest absolute Gasteiger partial charge is 0.379 e. The molecule has 1 N–H and O–H groups in total. The van der Waals surface area contributed by atoms with Crippen LogP contribution in [0.5, 0.6) is 0 Å². The number of fused-ring (bicyclic) bond motifs is 1. The van der Waals surface area contributed by atoms with Gasteiger partial charge in [0.25, 0.3) is 0 Å². The van der Waals surface area contributed by atoms with Gasteiger partial charge in [-0.2, -0.15) is 0 Å². The molecule has 8 heteroatoms. The lowest BCUT2D eigenvalue weighted by Gasteiger charge is -2.36. The first-order valence-corrected chi connectivity index (χ1v) is 11.1. The van der Waals surface area contributed by atoms with E-state index in [0.717, 1.165) is 84.7 Å². The van der Waals surface area contributed by atoms with E-state index in [0.29, 0.717) is 6.04 Å². The smallest absolute Gasteiger partial charge is 0.194 e. The van der Waals surface area contributed by atoms with Gasteiger partial charge in [-0.3, -0.25) is 14.8 Å². The molecule has 3 aliphatic heterocycles. The van der Waals surface area contributed by atoms with Gasteiger partial charge in [0.15, 0.2) is 5.96 Å². The van der Waals surface area contributed by atoms with Crippen molar-refractivity contribution < 1.29 is 9.47 Å². The maximum absolute atomic E-state index is 6.14. The van der Waals surface area contributed by atoms with Crippen LogP contribution in [-0.4, -0.2) is 105 Å². The maximum atomic E-state index is 6.14. The number of nitrogens with one attached hydrogen (secondary N) is 1. The minimum atomic E-state index is 0. The highest BCUT2D eigenvalue weighted by Crippen LogP contribution is 2.24. The van der Waals surface area contributed by atoms with Gasteiger partial charge in [-0.25, -0.2) is 0 Å². The van der Waals surface area contributed by atoms with E-state index in [-0.39, 0.29) is 30.1 Å². The Morgan fingerprint density at radius 3 is 2.67 bits per heavy atom. The van der Waals surface area contributed by atoms with E-state index >= 15 is 0 Å². The Bertz CT molecular complexity index is 656. The van der Waals surface area contributed by atoms with Crippen molar-refractivity contribution in [2.75, 3.05) is 72.2 Å². The third-order valence-electron chi connectivity index (χ3n) is 6.06. The fourth-order valence-corrected chi connectivity index (χ4v) is 4.49. The second kappa shape index (κ2) is 12.2. The fourth-order valence-electron chi connectivity index (χ4n) is 4.49. The Labute approximate surface area is 197 Å². The van der Waals surface area contributed by atoms with Gasteiger partial charge in [0, 0.05) is 52.4 Å². The van der Waals surface area contributed by atoms with Gasteiger partial charge in [-0.05, 0) is 12.5 Å². The van der Waals surface area contributed by atoms with Crippen LogP contribution >= 0.6 is 24.0 Å². The van der Waals surface area contributed by atoms with Gasteiger partial charge in [0.2, 0.25) is 0 Å². The standard InChI is InChI=1S/C22H35N5O2.HI/c1-2-23-22(24-8-9-25-10-13-28-14-11-25)27-17-20-21(18-27)29-15-12-26(20)16-19-6-4-3-5-7-19;/h3-7,20-21H,2,8-18H2,1H3,(H,23,24);1H. The molecular formula is C22H36IN5O2. The highest BCUT2D eigenvalue weighted by molar-refractivity contribution is 14.0. The average molecular weight is 529 g/mol. The highest BCUT2D eigenvalue weighted by atomic mass is 127. The molecule has 2 atom stereocenters. The zero-order chi connectivity index (χ0) is 19.9. The molecule has 1 aromatic carbocycles. The van der Waals surface area contributed by atoms with Crippen molar-refractivity contribution in [1.82, 2.24) is 20.0 Å².